The minimum Gasteiger partial charge on any atom is -0.205 e. The van der Waals surface area contributed by atoms with E-state index in [2.05, 4.69) is 41.1 Å². The van der Waals surface area contributed by atoms with Crippen LogP contribution in [-0.2, 0) is 0 Å². The predicted molar refractivity (Wildman–Crippen MR) is 118 cm³/mol. The molecule has 0 amide bonds. The first-order valence-electron chi connectivity index (χ1n) is 10.2. The maximum atomic E-state index is 14.0. The molecule has 0 N–H and O–H groups in total. The fraction of sp³-hybridized carbons (Fsp3) is 0.400. The lowest BCUT2D eigenvalue weighted by molar-refractivity contribution is 0.296. The van der Waals surface area contributed by atoms with Gasteiger partial charge < -0.3 is 0 Å². The summed E-state index contributed by atoms with van der Waals surface area (Å²) in [5.74, 6) is 7.84. The van der Waals surface area contributed by atoms with E-state index in [1.807, 2.05) is 30.3 Å². The monoisotopic (exact) mass is 391 g/mol. The molecule has 3 rings (SSSR count). The van der Waals surface area contributed by atoms with Gasteiger partial charge in [-0.1, -0.05) is 56.2 Å². The minimum atomic E-state index is -0.395. The number of aliphatic imine (C=N–C) groups is 1. The molecule has 0 heterocycles. The molecule has 0 aromatic heterocycles. The molecule has 2 aromatic rings. The average molecular weight is 392 g/mol. The second-order valence-electron chi connectivity index (χ2n) is 7.58. The van der Waals surface area contributed by atoms with Gasteiger partial charge in [-0.15, -0.1) is 0 Å². The van der Waals surface area contributed by atoms with Crippen molar-refractivity contribution in [3.05, 3.63) is 53.8 Å². The Morgan fingerprint density at radius 3 is 2.39 bits per heavy atom. The third kappa shape index (κ3) is 5.61. The fourth-order valence-corrected chi connectivity index (χ4v) is 3.94. The van der Waals surface area contributed by atoms with E-state index >= 15 is 0 Å². The lowest BCUT2D eigenvalue weighted by Gasteiger charge is -2.25. The molecule has 2 aromatic carbocycles. The highest BCUT2D eigenvalue weighted by Crippen LogP contribution is 2.31. The molecule has 0 unspecified atom stereocenters. The van der Waals surface area contributed by atoms with Crippen LogP contribution in [0.15, 0.2) is 47.5 Å². The normalized spacial score (nSPS) is 18.6. The Hall–Kier alpha value is -2.27. The van der Waals surface area contributed by atoms with Gasteiger partial charge in [0, 0.05) is 11.5 Å². The Morgan fingerprint density at radius 1 is 1.04 bits per heavy atom. The van der Waals surface area contributed by atoms with Gasteiger partial charge in [-0.2, -0.15) is 4.99 Å². The molecule has 1 aliphatic rings. The molecule has 1 aliphatic carbocycles. The number of rotatable bonds is 5. The molecule has 0 saturated heterocycles. The Bertz CT molecular complexity index is 892. The highest BCUT2D eigenvalue weighted by atomic mass is 32.1. The van der Waals surface area contributed by atoms with E-state index in [9.17, 15) is 4.39 Å². The summed E-state index contributed by atoms with van der Waals surface area (Å²) in [5, 5.41) is 2.20. The summed E-state index contributed by atoms with van der Waals surface area (Å²) in [5.41, 5.74) is 2.99. The molecule has 0 bridgehead atoms. The summed E-state index contributed by atoms with van der Waals surface area (Å²) in [6.45, 7) is 2.27. The van der Waals surface area contributed by atoms with Crippen LogP contribution in [0.4, 0.5) is 10.1 Å². The number of nitrogens with zero attached hydrogens (tertiary/aromatic N) is 1. The summed E-state index contributed by atoms with van der Waals surface area (Å²) in [7, 11) is 0. The molecule has 0 aliphatic heterocycles. The van der Waals surface area contributed by atoms with Crippen LogP contribution >= 0.6 is 12.2 Å². The van der Waals surface area contributed by atoms with Gasteiger partial charge in [0.25, 0.3) is 0 Å². The third-order valence-electron chi connectivity index (χ3n) is 5.57. The number of benzene rings is 2. The van der Waals surface area contributed by atoms with Crippen LogP contribution in [0.3, 0.4) is 0 Å². The van der Waals surface area contributed by atoms with Crippen molar-refractivity contribution in [1.29, 1.82) is 0 Å². The first kappa shape index (κ1) is 20.5. The van der Waals surface area contributed by atoms with Gasteiger partial charge in [0.1, 0.15) is 11.5 Å². The molecule has 0 atom stereocenters. The number of isothiocyanates is 1. The van der Waals surface area contributed by atoms with E-state index in [1.54, 1.807) is 6.07 Å². The number of halogens is 1. The Kier molecular flexibility index (Phi) is 7.54. The van der Waals surface area contributed by atoms with E-state index in [0.29, 0.717) is 5.92 Å². The van der Waals surface area contributed by atoms with E-state index in [4.69, 9.17) is 0 Å². The molecule has 0 spiro atoms. The van der Waals surface area contributed by atoms with Crippen LogP contribution in [0.5, 0.6) is 0 Å². The van der Waals surface area contributed by atoms with Crippen LogP contribution in [0, 0.1) is 29.5 Å². The Labute approximate surface area is 173 Å². The zero-order valence-electron chi connectivity index (χ0n) is 16.4. The average Bonchev–Trinajstić information content (AvgIpc) is 2.73. The topological polar surface area (TPSA) is 12.4 Å². The Balaban J connectivity index is 1.61. The van der Waals surface area contributed by atoms with Gasteiger partial charge in [-0.3, -0.25) is 0 Å². The van der Waals surface area contributed by atoms with Crippen molar-refractivity contribution in [2.24, 2.45) is 16.8 Å². The van der Waals surface area contributed by atoms with Crippen molar-refractivity contribution in [2.45, 2.75) is 51.9 Å². The van der Waals surface area contributed by atoms with Crippen LogP contribution in [0.1, 0.15) is 57.4 Å². The largest absolute Gasteiger partial charge is 0.205 e. The minimum absolute atomic E-state index is 0.214. The van der Waals surface area contributed by atoms with Gasteiger partial charge in [-0.25, -0.2) is 4.39 Å². The lowest BCUT2D eigenvalue weighted by atomic mass is 9.80. The van der Waals surface area contributed by atoms with Gasteiger partial charge >= 0.3 is 0 Å². The van der Waals surface area contributed by atoms with Gasteiger partial charge in [-0.05, 0) is 79.2 Å². The van der Waals surface area contributed by atoms with Gasteiger partial charge in [0.15, 0.2) is 0 Å². The van der Waals surface area contributed by atoms with Crippen LogP contribution < -0.4 is 0 Å². The molecule has 28 heavy (non-hydrogen) atoms. The van der Waals surface area contributed by atoms with Crippen LogP contribution in [-0.4, -0.2) is 5.16 Å². The summed E-state index contributed by atoms with van der Waals surface area (Å²) in [6, 6.07) is 12.9. The number of hydrogen-bond donors (Lipinski definition) is 0. The lowest BCUT2D eigenvalue weighted by Crippen LogP contribution is -2.13. The summed E-state index contributed by atoms with van der Waals surface area (Å²) < 4.78 is 14.0. The first-order valence-corrected chi connectivity index (χ1v) is 10.6. The van der Waals surface area contributed by atoms with E-state index in [-0.39, 0.29) is 5.69 Å². The van der Waals surface area contributed by atoms with Crippen LogP contribution in [0.2, 0.25) is 0 Å². The van der Waals surface area contributed by atoms with Crippen molar-refractivity contribution in [3.8, 4) is 23.0 Å². The first-order chi connectivity index (χ1) is 13.7. The highest BCUT2D eigenvalue weighted by molar-refractivity contribution is 7.78. The van der Waals surface area contributed by atoms with Crippen LogP contribution in [0.25, 0.3) is 11.1 Å². The van der Waals surface area contributed by atoms with Crippen molar-refractivity contribution in [2.75, 3.05) is 0 Å². The molecule has 1 fully saturated rings. The molecule has 144 valence electrons. The van der Waals surface area contributed by atoms with Crippen molar-refractivity contribution >= 4 is 23.1 Å². The smallest absolute Gasteiger partial charge is 0.150 e. The molecule has 0 radical (unpaired) electrons. The SMILES string of the molecule is CCCCC1CCC(C#Cc2ccc(-c3ccc(N=C=S)c(F)c3)cc2)CC1. The quantitative estimate of drug-likeness (QED) is 0.291. The predicted octanol–water partition coefficient (Wildman–Crippen LogP) is 7.58. The van der Waals surface area contributed by atoms with E-state index in [1.165, 1.54) is 51.0 Å². The maximum absolute atomic E-state index is 14.0. The van der Waals surface area contributed by atoms with Crippen molar-refractivity contribution in [1.82, 2.24) is 0 Å². The fourth-order valence-electron chi connectivity index (χ4n) is 3.85. The van der Waals surface area contributed by atoms with E-state index in [0.717, 1.165) is 22.6 Å². The van der Waals surface area contributed by atoms with E-state index < -0.39 is 5.82 Å². The van der Waals surface area contributed by atoms with Crippen molar-refractivity contribution < 1.29 is 4.39 Å². The molecular formula is C25H26FNS. The zero-order valence-corrected chi connectivity index (χ0v) is 17.2. The third-order valence-corrected chi connectivity index (χ3v) is 5.66. The zero-order chi connectivity index (χ0) is 19.8. The number of hydrogen-bond acceptors (Lipinski definition) is 2. The summed E-state index contributed by atoms with van der Waals surface area (Å²) in [6.07, 6.45) is 9.16. The second-order valence-corrected chi connectivity index (χ2v) is 7.76. The summed E-state index contributed by atoms with van der Waals surface area (Å²) in [4.78, 5) is 3.71. The Morgan fingerprint density at radius 2 is 1.75 bits per heavy atom. The molecule has 1 saturated carbocycles. The van der Waals surface area contributed by atoms with Gasteiger partial charge in [0.05, 0.1) is 5.16 Å². The van der Waals surface area contributed by atoms with Crippen molar-refractivity contribution in [3.63, 3.8) is 0 Å². The molecule has 1 nitrogen and oxygen atoms in total. The second kappa shape index (κ2) is 10.3. The standard InChI is InChI=1S/C25H26FNS/c1-2-3-4-19-5-7-20(8-6-19)9-10-21-11-13-22(14-12-21)23-15-16-25(27-18-28)24(26)17-23/h11-17,19-20H,2-8H2,1H3. The number of thiocarbonyl (C=S) groups is 1. The molecule has 3 heteroatoms. The highest BCUT2D eigenvalue weighted by Gasteiger charge is 2.19. The molecular weight excluding hydrogens is 365 g/mol. The van der Waals surface area contributed by atoms with Gasteiger partial charge in [0.2, 0.25) is 0 Å². The number of unbranched alkanes of at least 4 members (excludes halogenated alkanes) is 1. The summed E-state index contributed by atoms with van der Waals surface area (Å²) >= 11 is 4.53. The maximum Gasteiger partial charge on any atom is 0.150 e.